The molecule has 0 aromatic carbocycles. The third kappa shape index (κ3) is 11.5. The van der Waals surface area contributed by atoms with Crippen molar-refractivity contribution in [3.05, 3.63) is 60.3 Å². The highest BCUT2D eigenvalue weighted by molar-refractivity contribution is 5.26. The largest absolute Gasteiger partial charge is 0.0999 e. The topological polar surface area (TPSA) is 0 Å². The van der Waals surface area contributed by atoms with Gasteiger partial charge in [0.05, 0.1) is 0 Å². The van der Waals surface area contributed by atoms with E-state index in [1.807, 2.05) is 0 Å². The van der Waals surface area contributed by atoms with Gasteiger partial charge < -0.3 is 0 Å². The Balaban J connectivity index is 0.000000352. The fraction of sp³-hybridized carbons (Fsp3) is 0.655. The first-order valence-corrected chi connectivity index (χ1v) is 12.5. The van der Waals surface area contributed by atoms with Crippen LogP contribution in [0.15, 0.2) is 60.3 Å². The van der Waals surface area contributed by atoms with Crippen LogP contribution in [-0.4, -0.2) is 0 Å². The molecule has 0 bridgehead atoms. The SMILES string of the molecule is C=C(CC)CCCC=CCC1C(C)CCC1CCC.CCCC1=CC=CCC=C1. The van der Waals surface area contributed by atoms with Gasteiger partial charge in [0, 0.05) is 0 Å². The Hall–Kier alpha value is -1.30. The third-order valence-corrected chi connectivity index (χ3v) is 6.55. The zero-order valence-corrected chi connectivity index (χ0v) is 20.0. The van der Waals surface area contributed by atoms with Gasteiger partial charge in [0.2, 0.25) is 0 Å². The van der Waals surface area contributed by atoms with Gasteiger partial charge in [-0.3, -0.25) is 0 Å². The monoisotopic (exact) mass is 396 g/mol. The van der Waals surface area contributed by atoms with Gasteiger partial charge in [-0.2, -0.15) is 0 Å². The van der Waals surface area contributed by atoms with Crippen LogP contribution < -0.4 is 0 Å². The van der Waals surface area contributed by atoms with Crippen LogP contribution in [0, 0.1) is 17.8 Å². The molecule has 0 spiro atoms. The Labute approximate surface area is 183 Å². The van der Waals surface area contributed by atoms with Crippen molar-refractivity contribution in [1.29, 1.82) is 0 Å². The van der Waals surface area contributed by atoms with Gasteiger partial charge in [0.1, 0.15) is 0 Å². The molecule has 0 heterocycles. The molecule has 2 aliphatic carbocycles. The summed E-state index contributed by atoms with van der Waals surface area (Å²) in [6.07, 6.45) is 31.3. The summed E-state index contributed by atoms with van der Waals surface area (Å²) in [5, 5.41) is 0. The van der Waals surface area contributed by atoms with E-state index in [-0.39, 0.29) is 0 Å². The van der Waals surface area contributed by atoms with Crippen molar-refractivity contribution in [3.63, 3.8) is 0 Å². The summed E-state index contributed by atoms with van der Waals surface area (Å²) in [5.41, 5.74) is 2.86. The molecule has 0 amide bonds. The lowest BCUT2D eigenvalue weighted by atomic mass is 9.85. The van der Waals surface area contributed by atoms with Gasteiger partial charge in [-0.05, 0) is 74.7 Å². The van der Waals surface area contributed by atoms with Gasteiger partial charge in [-0.15, -0.1) is 0 Å². The minimum absolute atomic E-state index is 0.945. The van der Waals surface area contributed by atoms with Gasteiger partial charge >= 0.3 is 0 Å². The quantitative estimate of drug-likeness (QED) is 0.241. The molecule has 2 rings (SSSR count). The predicted molar refractivity (Wildman–Crippen MR) is 133 cm³/mol. The molecule has 1 fully saturated rings. The number of rotatable bonds is 11. The van der Waals surface area contributed by atoms with Crippen molar-refractivity contribution in [2.45, 2.75) is 105 Å². The van der Waals surface area contributed by atoms with Crippen LogP contribution in [0.4, 0.5) is 0 Å². The molecule has 0 saturated heterocycles. The molecule has 2 aliphatic rings. The van der Waals surface area contributed by atoms with Gasteiger partial charge in [-0.1, -0.05) is 108 Å². The summed E-state index contributed by atoms with van der Waals surface area (Å²) < 4.78 is 0. The van der Waals surface area contributed by atoms with E-state index in [2.05, 4.69) is 76.8 Å². The van der Waals surface area contributed by atoms with Crippen molar-refractivity contribution < 1.29 is 0 Å². The molecule has 1 saturated carbocycles. The van der Waals surface area contributed by atoms with E-state index in [1.54, 1.807) is 0 Å². The zero-order chi connectivity index (χ0) is 21.3. The van der Waals surface area contributed by atoms with E-state index in [4.69, 9.17) is 0 Å². The van der Waals surface area contributed by atoms with E-state index in [9.17, 15) is 0 Å². The van der Waals surface area contributed by atoms with E-state index in [1.165, 1.54) is 75.4 Å². The molecule has 0 heteroatoms. The van der Waals surface area contributed by atoms with Gasteiger partial charge in [0.15, 0.2) is 0 Å². The summed E-state index contributed by atoms with van der Waals surface area (Å²) in [6, 6.07) is 0. The lowest BCUT2D eigenvalue weighted by Gasteiger charge is -2.21. The van der Waals surface area contributed by atoms with Crippen molar-refractivity contribution in [1.82, 2.24) is 0 Å². The summed E-state index contributed by atoms with van der Waals surface area (Å²) in [7, 11) is 0. The standard InChI is InChI=1S/C19H34.C10H14/c1-5-11-18-15-14-17(4)19(18)13-10-8-7-9-12-16(3)6-2;1-2-7-10-8-5-3-4-6-9-10/h8,10,17-19H,3,5-7,9,11-15H2,1-2,4H3;3,5-6,8-9H,2,4,7H2,1H3. The molecule has 29 heavy (non-hydrogen) atoms. The average molecular weight is 397 g/mol. The van der Waals surface area contributed by atoms with E-state index < -0.39 is 0 Å². The number of unbranched alkanes of at least 4 members (excludes halogenated alkanes) is 1. The number of hydrogen-bond donors (Lipinski definition) is 0. The maximum absolute atomic E-state index is 4.07. The molecular formula is C29H48. The first-order chi connectivity index (χ1) is 14.1. The van der Waals surface area contributed by atoms with Crippen LogP contribution in [0.2, 0.25) is 0 Å². The minimum atomic E-state index is 0.945. The van der Waals surface area contributed by atoms with Gasteiger partial charge in [0.25, 0.3) is 0 Å². The molecule has 0 radical (unpaired) electrons. The minimum Gasteiger partial charge on any atom is -0.0999 e. The summed E-state index contributed by atoms with van der Waals surface area (Å²) in [6.45, 7) is 13.3. The molecule has 0 aromatic rings. The Morgan fingerprint density at radius 3 is 2.66 bits per heavy atom. The Kier molecular flexibility index (Phi) is 14.6. The first-order valence-electron chi connectivity index (χ1n) is 12.5. The Morgan fingerprint density at radius 2 is 1.93 bits per heavy atom. The predicted octanol–water partition coefficient (Wildman–Crippen LogP) is 9.76. The highest BCUT2D eigenvalue weighted by Crippen LogP contribution is 2.41. The number of hydrogen-bond acceptors (Lipinski definition) is 0. The normalized spacial score (nSPS) is 23.6. The lowest BCUT2D eigenvalue weighted by molar-refractivity contribution is 0.312. The highest BCUT2D eigenvalue weighted by Gasteiger charge is 2.31. The fourth-order valence-corrected chi connectivity index (χ4v) is 4.62. The van der Waals surface area contributed by atoms with E-state index in [0.29, 0.717) is 0 Å². The average Bonchev–Trinajstić information content (AvgIpc) is 2.91. The van der Waals surface area contributed by atoms with Crippen molar-refractivity contribution >= 4 is 0 Å². The van der Waals surface area contributed by atoms with Crippen molar-refractivity contribution in [3.8, 4) is 0 Å². The van der Waals surface area contributed by atoms with Crippen molar-refractivity contribution in [2.24, 2.45) is 17.8 Å². The van der Waals surface area contributed by atoms with Crippen LogP contribution in [0.3, 0.4) is 0 Å². The van der Waals surface area contributed by atoms with E-state index in [0.717, 1.165) is 30.6 Å². The van der Waals surface area contributed by atoms with Crippen LogP contribution in [0.5, 0.6) is 0 Å². The molecule has 0 nitrogen and oxygen atoms in total. The third-order valence-electron chi connectivity index (χ3n) is 6.55. The molecular weight excluding hydrogens is 348 g/mol. The maximum atomic E-state index is 4.07. The summed E-state index contributed by atoms with van der Waals surface area (Å²) >= 11 is 0. The zero-order valence-electron chi connectivity index (χ0n) is 20.0. The molecule has 3 unspecified atom stereocenters. The smallest absolute Gasteiger partial charge is 0.0163 e. The second kappa shape index (κ2) is 16.5. The van der Waals surface area contributed by atoms with Crippen LogP contribution in [-0.2, 0) is 0 Å². The fourth-order valence-electron chi connectivity index (χ4n) is 4.62. The van der Waals surface area contributed by atoms with Crippen LogP contribution in [0.25, 0.3) is 0 Å². The molecule has 0 aromatic heterocycles. The Bertz CT molecular complexity index is 540. The van der Waals surface area contributed by atoms with Crippen LogP contribution in [0.1, 0.15) is 105 Å². The number of allylic oxidation sites excluding steroid dienone is 9. The lowest BCUT2D eigenvalue weighted by Crippen LogP contribution is -2.12. The highest BCUT2D eigenvalue weighted by atomic mass is 14.4. The van der Waals surface area contributed by atoms with Gasteiger partial charge in [-0.25, -0.2) is 0 Å². The van der Waals surface area contributed by atoms with Crippen molar-refractivity contribution in [2.75, 3.05) is 0 Å². The van der Waals surface area contributed by atoms with E-state index >= 15 is 0 Å². The molecule has 0 N–H and O–H groups in total. The summed E-state index contributed by atoms with van der Waals surface area (Å²) in [4.78, 5) is 0. The second-order valence-electron chi connectivity index (χ2n) is 9.03. The second-order valence-corrected chi connectivity index (χ2v) is 9.03. The van der Waals surface area contributed by atoms with Crippen LogP contribution >= 0.6 is 0 Å². The Morgan fingerprint density at radius 1 is 1.10 bits per heavy atom. The summed E-state index contributed by atoms with van der Waals surface area (Å²) in [5.74, 6) is 2.91. The molecule has 3 atom stereocenters. The first kappa shape index (κ1) is 25.7. The molecule has 0 aliphatic heterocycles. The molecule has 164 valence electrons. The maximum Gasteiger partial charge on any atom is -0.0163 e.